The molecule has 138 valence electrons. The molecule has 0 saturated carbocycles. The molecule has 1 unspecified atom stereocenters. The van der Waals surface area contributed by atoms with Gasteiger partial charge in [0.15, 0.2) is 11.6 Å². The lowest BCUT2D eigenvalue weighted by Crippen LogP contribution is -2.24. The molecule has 0 aromatic carbocycles. The smallest absolute Gasteiger partial charge is 0.173 e. The number of thiophene rings is 1. The maximum atomic E-state index is 12.7. The second-order valence-electron chi connectivity index (χ2n) is 8.05. The number of furan rings is 1. The van der Waals surface area contributed by atoms with Gasteiger partial charge in [-0.1, -0.05) is 13.8 Å². The van der Waals surface area contributed by atoms with Crippen molar-refractivity contribution in [2.75, 3.05) is 5.32 Å². The number of fused-ring (bicyclic) bond motifs is 1. The van der Waals surface area contributed by atoms with Crippen LogP contribution >= 0.6 is 11.3 Å². The number of Topliss-reactive ketones (excluding diaryl/α,β-unsaturated/α-hetero) is 1. The van der Waals surface area contributed by atoms with Crippen LogP contribution < -0.4 is 5.32 Å². The van der Waals surface area contributed by atoms with Crippen molar-refractivity contribution in [2.24, 2.45) is 5.41 Å². The third-order valence-electron chi connectivity index (χ3n) is 5.13. The molecule has 0 fully saturated rings. The Kier molecular flexibility index (Phi) is 4.27. The monoisotopic (exact) mass is 380 g/mol. The van der Waals surface area contributed by atoms with Gasteiger partial charge in [0.05, 0.1) is 16.7 Å². The van der Waals surface area contributed by atoms with Crippen molar-refractivity contribution in [2.45, 2.75) is 45.4 Å². The number of hydrogen-bond acceptors (Lipinski definition) is 6. The fraction of sp³-hybridized carbons (Fsp3) is 0.381. The van der Waals surface area contributed by atoms with E-state index in [4.69, 9.17) is 4.42 Å². The fourth-order valence-corrected chi connectivity index (χ4v) is 5.19. The third kappa shape index (κ3) is 3.35. The second-order valence-corrected chi connectivity index (χ2v) is 9.07. The average Bonchev–Trinajstić information content (AvgIpc) is 3.20. The van der Waals surface area contributed by atoms with Crippen LogP contribution in [0.3, 0.4) is 0 Å². The first kappa shape index (κ1) is 17.7. The van der Waals surface area contributed by atoms with Crippen LogP contribution in [0.2, 0.25) is 0 Å². The van der Waals surface area contributed by atoms with Gasteiger partial charge in [-0.3, -0.25) is 9.59 Å². The molecule has 0 aliphatic heterocycles. The molecular formula is C21H20N2O3S. The summed E-state index contributed by atoms with van der Waals surface area (Å²) >= 11 is 1.32. The van der Waals surface area contributed by atoms with Crippen LogP contribution in [-0.2, 0) is 11.2 Å². The van der Waals surface area contributed by atoms with Crippen LogP contribution in [0.5, 0.6) is 0 Å². The van der Waals surface area contributed by atoms with Crippen LogP contribution in [0, 0.1) is 16.7 Å². The highest BCUT2D eigenvalue weighted by molar-refractivity contribution is 7.18. The van der Waals surface area contributed by atoms with E-state index in [9.17, 15) is 14.9 Å². The van der Waals surface area contributed by atoms with Crippen molar-refractivity contribution in [3.63, 3.8) is 0 Å². The summed E-state index contributed by atoms with van der Waals surface area (Å²) in [6, 6.07) is 5.96. The summed E-state index contributed by atoms with van der Waals surface area (Å²) in [6.07, 6.45) is 5.48. The van der Waals surface area contributed by atoms with Crippen LogP contribution in [0.25, 0.3) is 0 Å². The Morgan fingerprint density at radius 2 is 2.11 bits per heavy atom. The number of carbonyl (C=O) groups is 2. The van der Waals surface area contributed by atoms with Gasteiger partial charge in [-0.2, -0.15) is 5.26 Å². The lowest BCUT2D eigenvalue weighted by Gasteiger charge is -2.29. The van der Waals surface area contributed by atoms with Gasteiger partial charge >= 0.3 is 0 Å². The normalized spacial score (nSPS) is 21.4. The van der Waals surface area contributed by atoms with Gasteiger partial charge in [0.2, 0.25) is 0 Å². The minimum Gasteiger partial charge on any atom is -0.469 e. The Morgan fingerprint density at radius 1 is 1.30 bits per heavy atom. The molecule has 2 aliphatic rings. The van der Waals surface area contributed by atoms with E-state index in [0.29, 0.717) is 34.7 Å². The predicted molar refractivity (Wildman–Crippen MR) is 103 cm³/mol. The van der Waals surface area contributed by atoms with E-state index in [0.717, 1.165) is 23.4 Å². The number of nitriles is 1. The molecule has 0 bridgehead atoms. The lowest BCUT2D eigenvalue weighted by molar-refractivity contribution is -0.117. The Labute approximate surface area is 161 Å². The summed E-state index contributed by atoms with van der Waals surface area (Å²) in [7, 11) is 0. The lowest BCUT2D eigenvalue weighted by atomic mass is 9.79. The number of anilines is 1. The Balaban J connectivity index is 1.67. The molecule has 27 heavy (non-hydrogen) atoms. The van der Waals surface area contributed by atoms with Crippen molar-refractivity contribution in [1.29, 1.82) is 5.26 Å². The van der Waals surface area contributed by atoms with E-state index in [-0.39, 0.29) is 22.9 Å². The Morgan fingerprint density at radius 3 is 2.78 bits per heavy atom. The predicted octanol–water partition coefficient (Wildman–Crippen LogP) is 4.81. The zero-order valence-electron chi connectivity index (χ0n) is 15.3. The van der Waals surface area contributed by atoms with Gasteiger partial charge in [-0.05, 0) is 36.0 Å². The molecule has 1 N–H and O–H groups in total. The third-order valence-corrected chi connectivity index (χ3v) is 6.32. The average molecular weight is 380 g/mol. The highest BCUT2D eigenvalue weighted by Gasteiger charge is 2.34. The molecule has 2 aromatic heterocycles. The van der Waals surface area contributed by atoms with Crippen molar-refractivity contribution in [3.8, 4) is 6.07 Å². The number of allylic oxidation sites excluding steroid dienone is 2. The molecule has 4 rings (SSSR count). The van der Waals surface area contributed by atoms with Crippen molar-refractivity contribution in [1.82, 2.24) is 0 Å². The minimum absolute atomic E-state index is 0.0380. The van der Waals surface area contributed by atoms with Gasteiger partial charge in [0.1, 0.15) is 16.8 Å². The number of carbonyl (C=O) groups excluding carboxylic acids is 2. The minimum atomic E-state index is -0.113. The van der Waals surface area contributed by atoms with Gasteiger partial charge in [-0.15, -0.1) is 11.3 Å². The number of rotatable bonds is 3. The first-order valence-electron chi connectivity index (χ1n) is 8.99. The Bertz CT molecular complexity index is 990. The number of nitrogens with one attached hydrogen (secondary N) is 1. The van der Waals surface area contributed by atoms with Gasteiger partial charge in [0, 0.05) is 30.5 Å². The zero-order chi connectivity index (χ0) is 19.2. The van der Waals surface area contributed by atoms with E-state index in [1.165, 1.54) is 11.3 Å². The number of ketones is 2. The van der Waals surface area contributed by atoms with E-state index in [1.54, 1.807) is 12.3 Å². The van der Waals surface area contributed by atoms with Crippen molar-refractivity contribution < 1.29 is 14.0 Å². The molecule has 0 spiro atoms. The largest absolute Gasteiger partial charge is 0.469 e. The zero-order valence-corrected chi connectivity index (χ0v) is 16.1. The molecule has 0 radical (unpaired) electrons. The van der Waals surface area contributed by atoms with E-state index >= 15 is 0 Å². The van der Waals surface area contributed by atoms with Crippen LogP contribution in [-0.4, -0.2) is 11.6 Å². The van der Waals surface area contributed by atoms with Gasteiger partial charge in [0.25, 0.3) is 0 Å². The van der Waals surface area contributed by atoms with E-state index < -0.39 is 0 Å². The molecule has 2 aromatic rings. The molecule has 1 atom stereocenters. The highest BCUT2D eigenvalue weighted by Crippen LogP contribution is 2.43. The first-order valence-corrected chi connectivity index (χ1v) is 9.81. The number of nitrogens with zero attached hydrogens (tertiary/aromatic N) is 1. The van der Waals surface area contributed by atoms with Gasteiger partial charge in [-0.25, -0.2) is 0 Å². The molecule has 0 saturated heterocycles. The van der Waals surface area contributed by atoms with Crippen molar-refractivity contribution >= 4 is 27.9 Å². The maximum Gasteiger partial charge on any atom is 0.173 e. The van der Waals surface area contributed by atoms with Crippen LogP contribution in [0.1, 0.15) is 65.6 Å². The molecule has 0 amide bonds. The molecule has 2 heterocycles. The summed E-state index contributed by atoms with van der Waals surface area (Å²) in [5.74, 6) is 0.869. The standard InChI is InChI=1S/C21H20N2O3S/c1-21(2)9-13(8-14(24)10-21)23-20-16(11-22)15-6-12(18-4-3-5-26-18)7-17(25)19(15)27-20/h3-5,8,12,23H,6-7,9-10H2,1-2H3. The van der Waals surface area contributed by atoms with Crippen LogP contribution in [0.15, 0.2) is 34.6 Å². The summed E-state index contributed by atoms with van der Waals surface area (Å²) in [6.45, 7) is 4.11. The maximum absolute atomic E-state index is 12.7. The van der Waals surface area contributed by atoms with Crippen LogP contribution in [0.4, 0.5) is 5.00 Å². The SMILES string of the molecule is CC1(C)CC(=O)C=C(Nc2sc3c(c2C#N)CC(c2ccco2)CC3=O)C1. The van der Waals surface area contributed by atoms with Crippen molar-refractivity contribution in [3.05, 3.63) is 51.9 Å². The fourth-order valence-electron chi connectivity index (χ4n) is 4.02. The summed E-state index contributed by atoms with van der Waals surface area (Å²) in [5.41, 5.74) is 2.00. The molecule has 6 heteroatoms. The summed E-state index contributed by atoms with van der Waals surface area (Å²) in [5, 5.41) is 13.7. The quantitative estimate of drug-likeness (QED) is 0.826. The number of hydrogen-bond donors (Lipinski definition) is 1. The van der Waals surface area contributed by atoms with Gasteiger partial charge < -0.3 is 9.73 Å². The molecular weight excluding hydrogens is 360 g/mol. The first-order chi connectivity index (χ1) is 12.9. The second kappa shape index (κ2) is 6.50. The van der Waals surface area contributed by atoms with E-state index in [2.05, 4.69) is 25.2 Å². The highest BCUT2D eigenvalue weighted by atomic mass is 32.1. The molecule has 5 nitrogen and oxygen atoms in total. The molecule has 2 aliphatic carbocycles. The summed E-state index contributed by atoms with van der Waals surface area (Å²) < 4.78 is 5.48. The topological polar surface area (TPSA) is 83.1 Å². The Hall–Kier alpha value is -2.65. The van der Waals surface area contributed by atoms with E-state index in [1.807, 2.05) is 12.1 Å². The summed E-state index contributed by atoms with van der Waals surface area (Å²) in [4.78, 5) is 25.3.